The number of hydrogen-bond acceptors (Lipinski definition) is 3. The Morgan fingerprint density at radius 1 is 1.75 bits per heavy atom. The standard InChI is InChI=1S/C6H8BrN3S2/c7-5-1-4(3-12-5)2-9-6(11)10-8/h1,3H,2,8H2,(H2,9,10,11). The highest BCUT2D eigenvalue weighted by molar-refractivity contribution is 9.11. The van der Waals surface area contributed by atoms with Gasteiger partial charge in [-0.15, -0.1) is 11.3 Å². The molecule has 0 radical (unpaired) electrons. The van der Waals surface area contributed by atoms with Gasteiger partial charge in [0, 0.05) is 6.54 Å². The zero-order valence-electron chi connectivity index (χ0n) is 6.13. The van der Waals surface area contributed by atoms with Crippen LogP contribution in [0, 0.1) is 0 Å². The summed E-state index contributed by atoms with van der Waals surface area (Å²) < 4.78 is 1.12. The summed E-state index contributed by atoms with van der Waals surface area (Å²) in [5, 5.41) is 5.45. The number of halogens is 1. The lowest BCUT2D eigenvalue weighted by molar-refractivity contribution is 0.869. The van der Waals surface area contributed by atoms with E-state index in [1.165, 1.54) is 5.56 Å². The van der Waals surface area contributed by atoms with Gasteiger partial charge in [-0.05, 0) is 45.2 Å². The molecule has 0 saturated heterocycles. The molecule has 0 unspecified atom stereocenters. The smallest absolute Gasteiger partial charge is 0.180 e. The minimum absolute atomic E-state index is 0.456. The van der Waals surface area contributed by atoms with Gasteiger partial charge in [-0.2, -0.15) is 0 Å². The van der Waals surface area contributed by atoms with Gasteiger partial charge in [-0.25, -0.2) is 5.84 Å². The number of hydrazine groups is 1. The first kappa shape index (κ1) is 9.91. The Kier molecular flexibility index (Phi) is 3.93. The Morgan fingerprint density at radius 2 is 2.50 bits per heavy atom. The van der Waals surface area contributed by atoms with Gasteiger partial charge < -0.3 is 10.7 Å². The SMILES string of the molecule is NNC(=S)NCc1csc(Br)c1. The molecule has 0 aliphatic rings. The number of thiocarbonyl (C=S) groups is 1. The number of nitrogens with two attached hydrogens (primary N) is 1. The van der Waals surface area contributed by atoms with Crippen LogP contribution in [0.4, 0.5) is 0 Å². The molecule has 0 atom stereocenters. The summed E-state index contributed by atoms with van der Waals surface area (Å²) in [6, 6.07) is 2.04. The van der Waals surface area contributed by atoms with E-state index in [1.54, 1.807) is 11.3 Å². The fourth-order valence-corrected chi connectivity index (χ4v) is 1.95. The summed E-state index contributed by atoms with van der Waals surface area (Å²) in [6.45, 7) is 0.700. The Labute approximate surface area is 88.4 Å². The van der Waals surface area contributed by atoms with Crippen molar-refractivity contribution >= 4 is 44.6 Å². The van der Waals surface area contributed by atoms with Crippen LogP contribution in [0.15, 0.2) is 15.2 Å². The molecule has 3 nitrogen and oxygen atoms in total. The number of nitrogens with one attached hydrogen (secondary N) is 2. The molecule has 0 spiro atoms. The highest BCUT2D eigenvalue weighted by Crippen LogP contribution is 2.20. The molecule has 1 heterocycles. The summed E-state index contributed by atoms with van der Waals surface area (Å²) in [4.78, 5) is 0. The van der Waals surface area contributed by atoms with Crippen molar-refractivity contribution in [3.8, 4) is 0 Å². The zero-order valence-corrected chi connectivity index (χ0v) is 9.35. The molecule has 6 heteroatoms. The summed E-state index contributed by atoms with van der Waals surface area (Å²) in [5.41, 5.74) is 3.54. The van der Waals surface area contributed by atoms with E-state index in [0.29, 0.717) is 11.7 Å². The van der Waals surface area contributed by atoms with E-state index < -0.39 is 0 Å². The highest BCUT2D eigenvalue weighted by Gasteiger charge is 1.97. The van der Waals surface area contributed by atoms with Gasteiger partial charge in [0.15, 0.2) is 5.11 Å². The number of thiophene rings is 1. The first-order chi connectivity index (χ1) is 5.72. The van der Waals surface area contributed by atoms with Gasteiger partial charge in [-0.3, -0.25) is 0 Å². The first-order valence-electron chi connectivity index (χ1n) is 3.19. The molecule has 0 aliphatic heterocycles. The van der Waals surface area contributed by atoms with Crippen LogP contribution >= 0.6 is 39.5 Å². The van der Waals surface area contributed by atoms with E-state index in [0.717, 1.165) is 3.79 Å². The quantitative estimate of drug-likeness (QED) is 0.429. The number of hydrogen-bond donors (Lipinski definition) is 3. The fraction of sp³-hybridized carbons (Fsp3) is 0.167. The molecule has 0 amide bonds. The maximum Gasteiger partial charge on any atom is 0.180 e. The van der Waals surface area contributed by atoms with Gasteiger partial charge in [-0.1, -0.05) is 0 Å². The lowest BCUT2D eigenvalue weighted by atomic mass is 10.3. The van der Waals surface area contributed by atoms with Crippen molar-refractivity contribution in [2.24, 2.45) is 5.84 Å². The van der Waals surface area contributed by atoms with E-state index in [1.807, 2.05) is 6.07 Å². The lowest BCUT2D eigenvalue weighted by Crippen LogP contribution is -2.39. The van der Waals surface area contributed by atoms with Crippen LogP contribution in [0.3, 0.4) is 0 Å². The topological polar surface area (TPSA) is 50.1 Å². The highest BCUT2D eigenvalue weighted by atomic mass is 79.9. The Balaban J connectivity index is 2.38. The Bertz CT molecular complexity index is 274. The van der Waals surface area contributed by atoms with Crippen LogP contribution < -0.4 is 16.6 Å². The van der Waals surface area contributed by atoms with Gasteiger partial charge in [0.25, 0.3) is 0 Å². The van der Waals surface area contributed by atoms with Crippen LogP contribution in [0.25, 0.3) is 0 Å². The third-order valence-electron chi connectivity index (χ3n) is 1.21. The molecule has 1 aromatic heterocycles. The third kappa shape index (κ3) is 3.06. The van der Waals surface area contributed by atoms with E-state index in [2.05, 4.69) is 32.1 Å². The van der Waals surface area contributed by atoms with E-state index in [9.17, 15) is 0 Å². The van der Waals surface area contributed by atoms with E-state index in [-0.39, 0.29) is 0 Å². The van der Waals surface area contributed by atoms with E-state index >= 15 is 0 Å². The minimum atomic E-state index is 0.456. The van der Waals surface area contributed by atoms with Crippen LogP contribution in [0.2, 0.25) is 0 Å². The number of rotatable bonds is 2. The van der Waals surface area contributed by atoms with Gasteiger partial charge >= 0.3 is 0 Å². The van der Waals surface area contributed by atoms with Crippen LogP contribution in [0.5, 0.6) is 0 Å². The maximum absolute atomic E-state index is 5.08. The second-order valence-corrected chi connectivity index (χ2v) is 4.78. The summed E-state index contributed by atoms with van der Waals surface area (Å²) in [5.74, 6) is 5.08. The van der Waals surface area contributed by atoms with Gasteiger partial charge in [0.05, 0.1) is 3.79 Å². The van der Waals surface area contributed by atoms with Crippen LogP contribution in [-0.2, 0) is 6.54 Å². The van der Waals surface area contributed by atoms with Crippen LogP contribution in [0.1, 0.15) is 5.56 Å². The van der Waals surface area contributed by atoms with Crippen molar-refractivity contribution in [3.05, 3.63) is 20.8 Å². The van der Waals surface area contributed by atoms with Gasteiger partial charge in [0.1, 0.15) is 0 Å². The van der Waals surface area contributed by atoms with Crippen molar-refractivity contribution in [2.45, 2.75) is 6.54 Å². The predicted octanol–water partition coefficient (Wildman–Crippen LogP) is 1.35. The molecule has 0 bridgehead atoms. The molecule has 0 fully saturated rings. The van der Waals surface area contributed by atoms with Gasteiger partial charge in [0.2, 0.25) is 0 Å². The van der Waals surface area contributed by atoms with Crippen molar-refractivity contribution in [2.75, 3.05) is 0 Å². The molecule has 1 rings (SSSR count). The monoisotopic (exact) mass is 265 g/mol. The third-order valence-corrected chi connectivity index (χ3v) is 3.02. The first-order valence-corrected chi connectivity index (χ1v) is 5.28. The van der Waals surface area contributed by atoms with Crippen molar-refractivity contribution in [1.82, 2.24) is 10.7 Å². The molecule has 12 heavy (non-hydrogen) atoms. The molecule has 0 saturated carbocycles. The second-order valence-electron chi connectivity index (χ2n) is 2.09. The molecule has 4 N–H and O–H groups in total. The van der Waals surface area contributed by atoms with Crippen LogP contribution in [-0.4, -0.2) is 5.11 Å². The summed E-state index contributed by atoms with van der Waals surface area (Å²) in [7, 11) is 0. The lowest BCUT2D eigenvalue weighted by Gasteiger charge is -2.03. The summed E-state index contributed by atoms with van der Waals surface area (Å²) in [6.07, 6.45) is 0. The normalized spacial score (nSPS) is 9.50. The minimum Gasteiger partial charge on any atom is -0.358 e. The van der Waals surface area contributed by atoms with Crippen molar-refractivity contribution in [1.29, 1.82) is 0 Å². The maximum atomic E-state index is 5.08. The average molecular weight is 266 g/mol. The Morgan fingerprint density at radius 3 is 3.00 bits per heavy atom. The molecular weight excluding hydrogens is 258 g/mol. The van der Waals surface area contributed by atoms with Crippen molar-refractivity contribution in [3.63, 3.8) is 0 Å². The fourth-order valence-electron chi connectivity index (χ4n) is 0.672. The summed E-state index contributed by atoms with van der Waals surface area (Å²) >= 11 is 9.82. The molecule has 1 aromatic rings. The van der Waals surface area contributed by atoms with Crippen molar-refractivity contribution < 1.29 is 0 Å². The largest absolute Gasteiger partial charge is 0.358 e. The molecule has 66 valence electrons. The molecule has 0 aliphatic carbocycles. The Hall–Kier alpha value is -0.170. The molecular formula is C6H8BrN3S2. The predicted molar refractivity (Wildman–Crippen MR) is 58.8 cm³/mol. The zero-order chi connectivity index (χ0) is 8.97. The molecule has 0 aromatic carbocycles. The average Bonchev–Trinajstić information content (AvgIpc) is 2.47. The second kappa shape index (κ2) is 4.76. The van der Waals surface area contributed by atoms with E-state index in [4.69, 9.17) is 18.1 Å².